The van der Waals surface area contributed by atoms with E-state index in [1.807, 2.05) is 66.9 Å². The van der Waals surface area contributed by atoms with Gasteiger partial charge in [0.05, 0.1) is 16.7 Å². The third kappa shape index (κ3) is 2.71. The quantitative estimate of drug-likeness (QED) is 0.439. The molecule has 0 atom stereocenters. The Labute approximate surface area is 171 Å². The summed E-state index contributed by atoms with van der Waals surface area (Å²) in [5, 5.41) is 1.08. The van der Waals surface area contributed by atoms with Crippen LogP contribution in [0.15, 0.2) is 53.3 Å². The van der Waals surface area contributed by atoms with Crippen molar-refractivity contribution in [2.24, 2.45) is 0 Å². The molecule has 0 aliphatic carbocycles. The molecule has 0 N–H and O–H groups in total. The summed E-state index contributed by atoms with van der Waals surface area (Å²) in [5.41, 5.74) is 3.91. The molecule has 3 aromatic heterocycles. The highest BCUT2D eigenvalue weighted by Gasteiger charge is 2.22. The summed E-state index contributed by atoms with van der Waals surface area (Å²) < 4.78 is 3.58. The van der Waals surface area contributed by atoms with Crippen molar-refractivity contribution in [3.63, 3.8) is 0 Å². The summed E-state index contributed by atoms with van der Waals surface area (Å²) in [7, 11) is 0. The van der Waals surface area contributed by atoms with Crippen molar-refractivity contribution in [2.45, 2.75) is 26.8 Å². The maximum atomic E-state index is 13.4. The molecule has 0 fully saturated rings. The number of nitrogens with zero attached hydrogens (tertiary/aromatic N) is 5. The van der Waals surface area contributed by atoms with Crippen molar-refractivity contribution in [1.29, 1.82) is 0 Å². The second kappa shape index (κ2) is 6.67. The molecule has 29 heavy (non-hydrogen) atoms. The molecule has 5 rings (SSSR count). The zero-order valence-electron chi connectivity index (χ0n) is 16.1. The summed E-state index contributed by atoms with van der Waals surface area (Å²) in [5.74, 6) is 0.667. The summed E-state index contributed by atoms with van der Waals surface area (Å²) in [6, 6.07) is 15.1. The standard InChI is InChI=1S/C22H18ClN5O/c1-3-11-27-13(2)24-20-18(22(27)29)19-21(26-17-10-5-4-9-16(17)25-19)28(20)15-8-6-7-14(23)12-15/h4-10,12H,3,11H2,1-2H3. The Morgan fingerprint density at radius 2 is 1.72 bits per heavy atom. The van der Waals surface area contributed by atoms with Crippen LogP contribution in [0.4, 0.5) is 0 Å². The molecule has 0 saturated heterocycles. The van der Waals surface area contributed by atoms with Crippen LogP contribution >= 0.6 is 11.6 Å². The van der Waals surface area contributed by atoms with Gasteiger partial charge in [0.2, 0.25) is 0 Å². The first-order chi connectivity index (χ1) is 14.1. The van der Waals surface area contributed by atoms with Crippen molar-refractivity contribution in [1.82, 2.24) is 24.1 Å². The minimum Gasteiger partial charge on any atom is -0.296 e. The molecule has 0 unspecified atom stereocenters. The lowest BCUT2D eigenvalue weighted by atomic mass is 10.3. The molecule has 0 amide bonds. The number of hydrogen-bond acceptors (Lipinski definition) is 4. The van der Waals surface area contributed by atoms with Crippen molar-refractivity contribution in [2.75, 3.05) is 0 Å². The lowest BCUT2D eigenvalue weighted by Crippen LogP contribution is -2.24. The van der Waals surface area contributed by atoms with Crippen LogP contribution in [0.2, 0.25) is 5.02 Å². The summed E-state index contributed by atoms with van der Waals surface area (Å²) in [6.07, 6.45) is 0.843. The van der Waals surface area contributed by atoms with Gasteiger partial charge in [-0.25, -0.2) is 15.0 Å². The van der Waals surface area contributed by atoms with Gasteiger partial charge in [-0.15, -0.1) is 0 Å². The Morgan fingerprint density at radius 3 is 2.45 bits per heavy atom. The van der Waals surface area contributed by atoms with E-state index in [1.54, 1.807) is 4.57 Å². The van der Waals surface area contributed by atoms with Crippen LogP contribution in [0.1, 0.15) is 19.2 Å². The predicted octanol–water partition coefficient (Wildman–Crippen LogP) is 4.66. The number of para-hydroxylation sites is 2. The van der Waals surface area contributed by atoms with Crippen molar-refractivity contribution < 1.29 is 0 Å². The first kappa shape index (κ1) is 17.8. The molecule has 2 aromatic carbocycles. The Bertz CT molecular complexity index is 1470. The van der Waals surface area contributed by atoms with E-state index in [0.717, 1.165) is 23.1 Å². The number of rotatable bonds is 3. The highest BCUT2D eigenvalue weighted by molar-refractivity contribution is 6.30. The fourth-order valence-electron chi connectivity index (χ4n) is 3.78. The maximum absolute atomic E-state index is 13.4. The maximum Gasteiger partial charge on any atom is 0.265 e. The van der Waals surface area contributed by atoms with Crippen LogP contribution in [0.25, 0.3) is 38.9 Å². The number of halogens is 1. The molecule has 0 spiro atoms. The second-order valence-electron chi connectivity index (χ2n) is 7.01. The molecule has 0 aliphatic heterocycles. The van der Waals surface area contributed by atoms with Gasteiger partial charge >= 0.3 is 0 Å². The average Bonchev–Trinajstić information content (AvgIpc) is 3.02. The fraction of sp³-hybridized carbons (Fsp3) is 0.182. The highest BCUT2D eigenvalue weighted by Crippen LogP contribution is 2.29. The minimum atomic E-state index is -0.0929. The topological polar surface area (TPSA) is 65.6 Å². The Hall–Kier alpha value is -3.25. The molecule has 7 heteroatoms. The third-order valence-electron chi connectivity index (χ3n) is 5.07. The first-order valence-corrected chi connectivity index (χ1v) is 9.90. The monoisotopic (exact) mass is 403 g/mol. The molecule has 5 aromatic rings. The van der Waals surface area contributed by atoms with Crippen LogP contribution in [0.5, 0.6) is 0 Å². The second-order valence-corrected chi connectivity index (χ2v) is 7.45. The minimum absolute atomic E-state index is 0.0929. The van der Waals surface area contributed by atoms with Crippen LogP contribution < -0.4 is 5.56 Å². The number of benzene rings is 2. The zero-order valence-corrected chi connectivity index (χ0v) is 16.8. The number of hydrogen-bond donors (Lipinski definition) is 0. The van der Waals surface area contributed by atoms with E-state index in [4.69, 9.17) is 26.6 Å². The molecule has 0 saturated carbocycles. The summed E-state index contributed by atoms with van der Waals surface area (Å²) >= 11 is 6.25. The molecule has 0 radical (unpaired) electrons. The van der Waals surface area contributed by atoms with Crippen molar-refractivity contribution in [3.8, 4) is 5.69 Å². The van der Waals surface area contributed by atoms with Crippen LogP contribution in [-0.2, 0) is 6.54 Å². The van der Waals surface area contributed by atoms with E-state index in [1.165, 1.54) is 0 Å². The molecule has 144 valence electrons. The van der Waals surface area contributed by atoms with Gasteiger partial charge in [-0.05, 0) is 43.7 Å². The van der Waals surface area contributed by atoms with E-state index < -0.39 is 0 Å². The lowest BCUT2D eigenvalue weighted by molar-refractivity contribution is 0.624. The van der Waals surface area contributed by atoms with Crippen LogP contribution in [0, 0.1) is 6.92 Å². The van der Waals surface area contributed by atoms with Gasteiger partial charge in [0.25, 0.3) is 5.56 Å². The molecule has 6 nitrogen and oxygen atoms in total. The number of aromatic nitrogens is 5. The van der Waals surface area contributed by atoms with E-state index in [9.17, 15) is 4.79 Å². The van der Waals surface area contributed by atoms with E-state index in [2.05, 4.69) is 0 Å². The van der Waals surface area contributed by atoms with Gasteiger partial charge < -0.3 is 0 Å². The largest absolute Gasteiger partial charge is 0.296 e. The third-order valence-corrected chi connectivity index (χ3v) is 5.30. The molecule has 0 bridgehead atoms. The highest BCUT2D eigenvalue weighted by atomic mass is 35.5. The van der Waals surface area contributed by atoms with Gasteiger partial charge in [-0.2, -0.15) is 0 Å². The molecule has 3 heterocycles. The first-order valence-electron chi connectivity index (χ1n) is 9.52. The Kier molecular flexibility index (Phi) is 4.10. The van der Waals surface area contributed by atoms with E-state index in [0.29, 0.717) is 39.6 Å². The SMILES string of the molecule is CCCn1c(C)nc2c(c1=O)c1nc3ccccc3nc1n2-c1cccc(Cl)c1. The van der Waals surface area contributed by atoms with Gasteiger partial charge in [-0.3, -0.25) is 13.9 Å². The van der Waals surface area contributed by atoms with E-state index in [-0.39, 0.29) is 5.56 Å². The Balaban J connectivity index is 2.03. The molecular weight excluding hydrogens is 386 g/mol. The van der Waals surface area contributed by atoms with Gasteiger partial charge in [0.15, 0.2) is 11.3 Å². The summed E-state index contributed by atoms with van der Waals surface area (Å²) in [6.45, 7) is 4.50. The smallest absolute Gasteiger partial charge is 0.265 e. The number of fused-ring (bicyclic) bond motifs is 4. The Morgan fingerprint density at radius 1 is 0.966 bits per heavy atom. The summed E-state index contributed by atoms with van der Waals surface area (Å²) in [4.78, 5) is 27.8. The number of aryl methyl sites for hydroxylation is 1. The van der Waals surface area contributed by atoms with Crippen LogP contribution in [0.3, 0.4) is 0 Å². The van der Waals surface area contributed by atoms with Gasteiger partial charge in [0.1, 0.15) is 16.7 Å². The predicted molar refractivity (Wildman–Crippen MR) is 116 cm³/mol. The normalized spacial score (nSPS) is 11.7. The van der Waals surface area contributed by atoms with Crippen molar-refractivity contribution >= 4 is 44.8 Å². The average molecular weight is 404 g/mol. The van der Waals surface area contributed by atoms with Gasteiger partial charge in [0, 0.05) is 11.6 Å². The zero-order chi connectivity index (χ0) is 20.1. The van der Waals surface area contributed by atoms with Gasteiger partial charge in [-0.1, -0.05) is 36.7 Å². The lowest BCUT2D eigenvalue weighted by Gasteiger charge is -2.10. The van der Waals surface area contributed by atoms with Crippen molar-refractivity contribution in [3.05, 3.63) is 69.7 Å². The molecule has 0 aliphatic rings. The molecular formula is C22H18ClN5O. The van der Waals surface area contributed by atoms with Crippen LogP contribution in [-0.4, -0.2) is 24.1 Å². The van der Waals surface area contributed by atoms with E-state index >= 15 is 0 Å². The fourth-order valence-corrected chi connectivity index (χ4v) is 3.96.